The van der Waals surface area contributed by atoms with Gasteiger partial charge in [0.15, 0.2) is 5.82 Å². The van der Waals surface area contributed by atoms with Crippen LogP contribution in [0.4, 0.5) is 9.52 Å². The van der Waals surface area contributed by atoms with E-state index in [0.717, 1.165) is 42.5 Å². The molecule has 0 saturated carbocycles. The average Bonchev–Trinajstić information content (AvgIpc) is 3.31. The molecule has 37 heavy (non-hydrogen) atoms. The Labute approximate surface area is 224 Å². The van der Waals surface area contributed by atoms with Gasteiger partial charge in [-0.25, -0.2) is 4.39 Å². The number of aromatic nitrogens is 2. The number of aliphatic carboxylic acids is 1. The van der Waals surface area contributed by atoms with Crippen molar-refractivity contribution in [3.05, 3.63) is 63.4 Å². The molecule has 0 unspecified atom stereocenters. The number of anilines is 1. The number of unbranched alkanes of at least 4 members (excludes halogenated alkanes) is 1. The van der Waals surface area contributed by atoms with Gasteiger partial charge in [0.05, 0.1) is 16.5 Å². The van der Waals surface area contributed by atoms with Crippen LogP contribution >= 0.6 is 22.9 Å². The van der Waals surface area contributed by atoms with E-state index in [0.29, 0.717) is 29.8 Å². The monoisotopic (exact) mass is 544 g/mol. The minimum atomic E-state index is -0.737. The maximum Gasteiger partial charge on any atom is 0.309 e. The summed E-state index contributed by atoms with van der Waals surface area (Å²) in [6, 6.07) is 8.53. The fourth-order valence-corrected chi connectivity index (χ4v) is 5.58. The van der Waals surface area contributed by atoms with Crippen LogP contribution in [0.15, 0.2) is 30.3 Å². The number of rotatable bonds is 10. The quantitative estimate of drug-likeness (QED) is 0.356. The fourth-order valence-electron chi connectivity index (χ4n) is 4.55. The summed E-state index contributed by atoms with van der Waals surface area (Å²) in [6.45, 7) is 8.56. The molecule has 1 saturated heterocycles. The first-order chi connectivity index (χ1) is 17.7. The Morgan fingerprint density at radius 2 is 1.92 bits per heavy atom. The molecular weight excluding hydrogens is 515 g/mol. The van der Waals surface area contributed by atoms with Gasteiger partial charge >= 0.3 is 5.97 Å². The number of carbonyl (C=O) groups is 2. The maximum atomic E-state index is 14.6. The Morgan fingerprint density at radius 1 is 1.22 bits per heavy atom. The Morgan fingerprint density at radius 3 is 2.57 bits per heavy atom. The summed E-state index contributed by atoms with van der Waals surface area (Å²) in [5.74, 6) is -2.21. The van der Waals surface area contributed by atoms with E-state index in [4.69, 9.17) is 16.7 Å². The van der Waals surface area contributed by atoms with Crippen molar-refractivity contribution in [2.45, 2.75) is 40.0 Å². The first-order valence-electron chi connectivity index (χ1n) is 12.3. The van der Waals surface area contributed by atoms with Gasteiger partial charge in [-0.3, -0.25) is 14.5 Å². The molecule has 3 aromatic rings. The van der Waals surface area contributed by atoms with Gasteiger partial charge in [0.2, 0.25) is 5.13 Å². The van der Waals surface area contributed by atoms with Gasteiger partial charge in [0, 0.05) is 31.7 Å². The lowest BCUT2D eigenvalue weighted by atomic mass is 9.95. The summed E-state index contributed by atoms with van der Waals surface area (Å²) in [5, 5.41) is 18.7. The van der Waals surface area contributed by atoms with E-state index in [1.165, 1.54) is 33.9 Å². The van der Waals surface area contributed by atoms with Crippen molar-refractivity contribution < 1.29 is 19.1 Å². The zero-order valence-corrected chi connectivity index (χ0v) is 22.7. The third kappa shape index (κ3) is 6.00. The van der Waals surface area contributed by atoms with Crippen LogP contribution in [0.2, 0.25) is 5.02 Å². The second-order valence-electron chi connectivity index (χ2n) is 9.43. The number of hydrogen-bond acceptors (Lipinski definition) is 6. The second kappa shape index (κ2) is 11.7. The SMILES string of the molecule is CCCCN(C(=O)c1cccc(Cl)c1F)c1nnc(-c2cc(C)c(CCN3CC(C(=O)O)C3)c(C)c2)s1. The lowest BCUT2D eigenvalue weighted by molar-refractivity contribution is -0.147. The fraction of sp³-hybridized carbons (Fsp3) is 0.407. The largest absolute Gasteiger partial charge is 0.481 e. The number of hydrogen-bond donors (Lipinski definition) is 1. The number of likely N-dealkylation sites (tertiary alicyclic amines) is 1. The van der Waals surface area contributed by atoms with E-state index in [1.807, 2.05) is 6.92 Å². The Balaban J connectivity index is 1.53. The Kier molecular flexibility index (Phi) is 8.56. The first-order valence-corrected chi connectivity index (χ1v) is 13.5. The molecule has 0 bridgehead atoms. The number of nitrogens with zero attached hydrogens (tertiary/aromatic N) is 4. The van der Waals surface area contributed by atoms with Crippen molar-refractivity contribution in [1.29, 1.82) is 0 Å². The van der Waals surface area contributed by atoms with Gasteiger partial charge in [0.25, 0.3) is 5.91 Å². The number of aryl methyl sites for hydroxylation is 2. The lowest BCUT2D eigenvalue weighted by Crippen LogP contribution is -2.50. The van der Waals surface area contributed by atoms with E-state index >= 15 is 0 Å². The van der Waals surface area contributed by atoms with Gasteiger partial charge in [-0.2, -0.15) is 0 Å². The van der Waals surface area contributed by atoms with Crippen molar-refractivity contribution in [1.82, 2.24) is 15.1 Å². The van der Waals surface area contributed by atoms with Crippen molar-refractivity contribution >= 4 is 39.9 Å². The molecule has 196 valence electrons. The van der Waals surface area contributed by atoms with Gasteiger partial charge in [-0.05, 0) is 67.6 Å². The van der Waals surface area contributed by atoms with Gasteiger partial charge in [-0.15, -0.1) is 10.2 Å². The molecule has 1 amide bonds. The van der Waals surface area contributed by atoms with Crippen LogP contribution in [0.3, 0.4) is 0 Å². The third-order valence-corrected chi connectivity index (χ3v) is 8.02. The van der Waals surface area contributed by atoms with Crippen LogP contribution in [0, 0.1) is 25.6 Å². The Bertz CT molecular complexity index is 1290. The molecule has 2 heterocycles. The highest BCUT2D eigenvalue weighted by Gasteiger charge is 2.32. The maximum absolute atomic E-state index is 14.6. The van der Waals surface area contributed by atoms with E-state index in [1.54, 1.807) is 6.07 Å². The molecule has 1 N–H and O–H groups in total. The number of amides is 1. The van der Waals surface area contributed by atoms with Crippen LogP contribution in [-0.2, 0) is 11.2 Å². The molecule has 10 heteroatoms. The van der Waals surface area contributed by atoms with Crippen molar-refractivity contribution in [3.63, 3.8) is 0 Å². The molecule has 7 nitrogen and oxygen atoms in total. The predicted octanol–water partition coefficient (Wildman–Crippen LogP) is 5.62. The summed E-state index contributed by atoms with van der Waals surface area (Å²) in [5.41, 5.74) is 4.31. The van der Waals surface area contributed by atoms with Crippen LogP contribution in [0.5, 0.6) is 0 Å². The minimum absolute atomic E-state index is 0.0896. The van der Waals surface area contributed by atoms with Gasteiger partial charge in [-0.1, -0.05) is 42.3 Å². The predicted molar refractivity (Wildman–Crippen MR) is 144 cm³/mol. The molecule has 1 fully saturated rings. The molecule has 0 atom stereocenters. The van der Waals surface area contributed by atoms with Gasteiger partial charge < -0.3 is 10.0 Å². The highest BCUT2D eigenvalue weighted by molar-refractivity contribution is 7.18. The summed E-state index contributed by atoms with van der Waals surface area (Å²) < 4.78 is 14.6. The number of carboxylic acid groups (broad SMARTS) is 1. The summed E-state index contributed by atoms with van der Waals surface area (Å²) >= 11 is 7.21. The normalized spacial score (nSPS) is 14.0. The van der Waals surface area contributed by atoms with Crippen LogP contribution < -0.4 is 4.90 Å². The van der Waals surface area contributed by atoms with E-state index in [2.05, 4.69) is 41.1 Å². The molecule has 4 rings (SSSR count). The lowest BCUT2D eigenvalue weighted by Gasteiger charge is -2.36. The summed E-state index contributed by atoms with van der Waals surface area (Å²) in [7, 11) is 0. The van der Waals surface area contributed by atoms with Crippen LogP contribution in [0.1, 0.15) is 46.8 Å². The molecule has 0 spiro atoms. The zero-order valence-electron chi connectivity index (χ0n) is 21.1. The first kappa shape index (κ1) is 27.2. The number of benzene rings is 2. The summed E-state index contributed by atoms with van der Waals surface area (Å²) in [6.07, 6.45) is 2.44. The van der Waals surface area contributed by atoms with E-state index < -0.39 is 17.7 Å². The van der Waals surface area contributed by atoms with E-state index in [9.17, 15) is 14.0 Å². The Hall–Kier alpha value is -2.88. The van der Waals surface area contributed by atoms with Crippen LogP contribution in [0.25, 0.3) is 10.6 Å². The third-order valence-electron chi connectivity index (χ3n) is 6.74. The number of halogens is 2. The van der Waals surface area contributed by atoms with Crippen molar-refractivity contribution in [3.8, 4) is 10.6 Å². The number of carbonyl (C=O) groups excluding carboxylic acids is 1. The highest BCUT2D eigenvalue weighted by Crippen LogP contribution is 2.33. The molecule has 2 aromatic carbocycles. The summed E-state index contributed by atoms with van der Waals surface area (Å²) in [4.78, 5) is 27.9. The zero-order chi connectivity index (χ0) is 26.7. The highest BCUT2D eigenvalue weighted by atomic mass is 35.5. The van der Waals surface area contributed by atoms with Crippen molar-refractivity contribution in [2.24, 2.45) is 5.92 Å². The molecule has 1 aliphatic heterocycles. The minimum Gasteiger partial charge on any atom is -0.481 e. The molecule has 0 radical (unpaired) electrons. The smallest absolute Gasteiger partial charge is 0.309 e. The topological polar surface area (TPSA) is 86.6 Å². The van der Waals surface area contributed by atoms with Gasteiger partial charge in [0.1, 0.15) is 5.01 Å². The van der Waals surface area contributed by atoms with E-state index in [-0.39, 0.29) is 16.5 Å². The molecular formula is C27H30ClFN4O3S. The average molecular weight is 545 g/mol. The molecule has 0 aliphatic carbocycles. The number of carboxylic acids is 1. The van der Waals surface area contributed by atoms with Crippen LogP contribution in [-0.4, -0.2) is 58.3 Å². The van der Waals surface area contributed by atoms with Crippen molar-refractivity contribution in [2.75, 3.05) is 31.1 Å². The second-order valence-corrected chi connectivity index (χ2v) is 10.8. The molecule has 1 aliphatic rings. The standard InChI is InChI=1S/C27H30ClFN4O3S/c1-4-5-10-33(25(34)21-7-6-8-22(28)23(21)29)27-31-30-24(37-27)18-12-16(2)20(17(3)13-18)9-11-32-14-19(15-32)26(35)36/h6-8,12-13,19H,4-5,9-11,14-15H2,1-3H3,(H,35,36). The molecule has 1 aromatic heterocycles.